The van der Waals surface area contributed by atoms with Crippen LogP contribution in [0.1, 0.15) is 48.0 Å². The van der Waals surface area contributed by atoms with E-state index in [9.17, 15) is 14.7 Å². The Balaban J connectivity index is 5.98. The van der Waals surface area contributed by atoms with Crippen LogP contribution in [0.4, 0.5) is 0 Å². The largest absolute Gasteiger partial charge is 0.492 e. The number of allylic oxidation sites excluding steroid dienone is 3. The van der Waals surface area contributed by atoms with Gasteiger partial charge in [0.1, 0.15) is 12.4 Å². The number of aliphatic carboxylic acids is 1. The first-order valence-electron chi connectivity index (χ1n) is 9.21. The zero-order chi connectivity index (χ0) is 22.1. The van der Waals surface area contributed by atoms with Gasteiger partial charge in [-0.2, -0.15) is 0 Å². The number of carboxylic acid groups (broad SMARTS) is 1. The molecule has 0 heterocycles. The van der Waals surface area contributed by atoms with E-state index < -0.39 is 11.4 Å². The quantitative estimate of drug-likeness (QED) is 0.283. The molecule has 0 aromatic rings. The molecule has 0 bridgehead atoms. The highest BCUT2D eigenvalue weighted by molar-refractivity contribution is 5.93. The summed E-state index contributed by atoms with van der Waals surface area (Å²) in [7, 11) is 0. The molecule has 6 heteroatoms. The number of rotatable bonds is 11. The van der Waals surface area contributed by atoms with Crippen molar-refractivity contribution in [3.05, 3.63) is 59.1 Å². The monoisotopic (exact) mass is 390 g/mol. The highest BCUT2D eigenvalue weighted by Crippen LogP contribution is 2.28. The number of nitrogens with one attached hydrogen (secondary N) is 1. The van der Waals surface area contributed by atoms with Gasteiger partial charge in [-0.25, -0.2) is 4.79 Å². The van der Waals surface area contributed by atoms with Crippen molar-refractivity contribution >= 4 is 11.9 Å². The molecule has 0 radical (unpaired) electrons. The van der Waals surface area contributed by atoms with E-state index in [0.29, 0.717) is 23.5 Å². The molecule has 4 N–H and O–H groups in total. The van der Waals surface area contributed by atoms with Crippen LogP contribution in [0.2, 0.25) is 0 Å². The molecule has 28 heavy (non-hydrogen) atoms. The molecule has 156 valence electrons. The second-order valence-corrected chi connectivity index (χ2v) is 7.44. The van der Waals surface area contributed by atoms with Crippen molar-refractivity contribution in [2.45, 2.75) is 48.0 Å². The fraction of sp³-hybridized carbons (Fsp3) is 0.455. The summed E-state index contributed by atoms with van der Waals surface area (Å²) in [5, 5.41) is 12.4. The van der Waals surface area contributed by atoms with Gasteiger partial charge in [-0.3, -0.25) is 4.79 Å². The van der Waals surface area contributed by atoms with E-state index >= 15 is 0 Å². The lowest BCUT2D eigenvalue weighted by Crippen LogP contribution is -2.40. The maximum absolute atomic E-state index is 12.4. The fourth-order valence-corrected chi connectivity index (χ4v) is 2.41. The number of hydrogen-bond acceptors (Lipinski definition) is 4. The van der Waals surface area contributed by atoms with Crippen LogP contribution >= 0.6 is 0 Å². The van der Waals surface area contributed by atoms with Crippen molar-refractivity contribution in [3.63, 3.8) is 0 Å². The van der Waals surface area contributed by atoms with Gasteiger partial charge in [0.05, 0.1) is 16.7 Å². The topological polar surface area (TPSA) is 102 Å². The average molecular weight is 391 g/mol. The first kappa shape index (κ1) is 25.2. The van der Waals surface area contributed by atoms with Gasteiger partial charge in [-0.05, 0) is 52.7 Å². The van der Waals surface area contributed by atoms with Crippen molar-refractivity contribution in [2.75, 3.05) is 13.2 Å². The van der Waals surface area contributed by atoms with Gasteiger partial charge in [0.15, 0.2) is 0 Å². The van der Waals surface area contributed by atoms with Crippen LogP contribution in [0, 0.1) is 5.41 Å². The molecule has 6 nitrogen and oxygen atoms in total. The minimum atomic E-state index is -1.17. The molecule has 0 aliphatic carbocycles. The van der Waals surface area contributed by atoms with Crippen molar-refractivity contribution in [1.29, 1.82) is 0 Å². The van der Waals surface area contributed by atoms with Gasteiger partial charge in [0.25, 0.3) is 0 Å². The summed E-state index contributed by atoms with van der Waals surface area (Å²) in [6, 6.07) is 0. The zero-order valence-electron chi connectivity index (χ0n) is 17.9. The lowest BCUT2D eigenvalue weighted by atomic mass is 9.93. The summed E-state index contributed by atoms with van der Waals surface area (Å²) < 4.78 is 5.94. The molecule has 0 aromatic heterocycles. The molecule has 0 aromatic carbocycles. The summed E-state index contributed by atoms with van der Waals surface area (Å²) in [6.07, 6.45) is 3.97. The number of hydrogen-bond donors (Lipinski definition) is 3. The van der Waals surface area contributed by atoms with Crippen LogP contribution < -0.4 is 11.1 Å². The smallest absolute Gasteiger partial charge is 0.338 e. The van der Waals surface area contributed by atoms with Crippen LogP contribution in [0.3, 0.4) is 0 Å². The molecule has 0 spiro atoms. The first-order valence-corrected chi connectivity index (χ1v) is 9.21. The highest BCUT2D eigenvalue weighted by atomic mass is 16.5. The van der Waals surface area contributed by atoms with Gasteiger partial charge < -0.3 is 20.9 Å². The Kier molecular flexibility index (Phi) is 10.1. The Bertz CT molecular complexity index is 705. The van der Waals surface area contributed by atoms with Crippen LogP contribution in [0.5, 0.6) is 0 Å². The summed E-state index contributed by atoms with van der Waals surface area (Å²) >= 11 is 0. The van der Waals surface area contributed by atoms with Crippen molar-refractivity contribution < 1.29 is 19.4 Å². The lowest BCUT2D eigenvalue weighted by Gasteiger charge is -2.26. The third-order valence-electron chi connectivity index (χ3n) is 3.93. The van der Waals surface area contributed by atoms with E-state index in [1.807, 2.05) is 6.92 Å². The van der Waals surface area contributed by atoms with Crippen LogP contribution in [0.15, 0.2) is 59.1 Å². The Morgan fingerprint density at radius 3 is 2.18 bits per heavy atom. The van der Waals surface area contributed by atoms with E-state index in [4.69, 9.17) is 10.5 Å². The molecule has 0 fully saturated rings. The Morgan fingerprint density at radius 2 is 1.79 bits per heavy atom. The van der Waals surface area contributed by atoms with Crippen LogP contribution in [0.25, 0.3) is 0 Å². The molecule has 0 saturated heterocycles. The normalized spacial score (nSPS) is 12.6. The maximum atomic E-state index is 12.4. The zero-order valence-corrected chi connectivity index (χ0v) is 17.9. The van der Waals surface area contributed by atoms with Crippen LogP contribution in [-0.2, 0) is 14.3 Å². The van der Waals surface area contributed by atoms with E-state index in [1.165, 1.54) is 6.08 Å². The summed E-state index contributed by atoms with van der Waals surface area (Å²) in [6.45, 7) is 18.8. The van der Waals surface area contributed by atoms with E-state index in [0.717, 1.165) is 12.0 Å². The summed E-state index contributed by atoms with van der Waals surface area (Å²) in [4.78, 5) is 24.0. The molecule has 0 aliphatic heterocycles. The minimum Gasteiger partial charge on any atom is -0.492 e. The second kappa shape index (κ2) is 11.2. The Morgan fingerprint density at radius 1 is 1.21 bits per heavy atom. The van der Waals surface area contributed by atoms with Gasteiger partial charge in [0.2, 0.25) is 5.91 Å². The molecule has 1 amide bonds. The minimum absolute atomic E-state index is 0.0568. The number of carboxylic acids is 1. The van der Waals surface area contributed by atoms with E-state index in [2.05, 4.69) is 18.5 Å². The number of amides is 1. The maximum Gasteiger partial charge on any atom is 0.338 e. The van der Waals surface area contributed by atoms with E-state index in [-0.39, 0.29) is 23.8 Å². The van der Waals surface area contributed by atoms with E-state index in [1.54, 1.807) is 40.7 Å². The number of ether oxygens (including phenoxy) is 1. The summed E-state index contributed by atoms with van der Waals surface area (Å²) in [5.41, 5.74) is 6.95. The third kappa shape index (κ3) is 7.10. The van der Waals surface area contributed by atoms with Gasteiger partial charge in [-0.1, -0.05) is 31.7 Å². The standard InChI is InChI=1S/C22H34N2O4/c1-9-11-16(28-13-22(7,8)21(27)24-12-10-2)17(14(3)4)19(23)18(15(5)6)20(25)26/h9,11H,1,5,10,12-13,23H2,2-4,6-8H3,(H,24,27)(H,25,26)/b16-11+,19-18-. The average Bonchev–Trinajstić information content (AvgIpc) is 2.56. The number of carbonyl (C=O) groups is 2. The van der Waals surface area contributed by atoms with Crippen molar-refractivity contribution in [3.8, 4) is 0 Å². The molecular weight excluding hydrogens is 356 g/mol. The molecule has 0 atom stereocenters. The molecular formula is C22H34N2O4. The second-order valence-electron chi connectivity index (χ2n) is 7.44. The highest BCUT2D eigenvalue weighted by Gasteiger charge is 2.29. The molecule has 0 unspecified atom stereocenters. The van der Waals surface area contributed by atoms with Gasteiger partial charge in [0, 0.05) is 12.1 Å². The lowest BCUT2D eigenvalue weighted by molar-refractivity contribution is -0.132. The molecule has 0 rings (SSSR count). The SMILES string of the molecule is C=C/C=C(/OCC(C)(C)C(=O)NCCC)C(=C(C)C)/C(N)=C(\C(=C)C)C(=O)O. The van der Waals surface area contributed by atoms with Crippen molar-refractivity contribution in [1.82, 2.24) is 5.32 Å². The summed E-state index contributed by atoms with van der Waals surface area (Å²) in [5.74, 6) is -0.937. The third-order valence-corrected chi connectivity index (χ3v) is 3.93. The predicted octanol–water partition coefficient (Wildman–Crippen LogP) is 3.84. The fourth-order valence-electron chi connectivity index (χ4n) is 2.41. The molecule has 0 saturated carbocycles. The Hall–Kier alpha value is -2.76. The van der Waals surface area contributed by atoms with Gasteiger partial charge >= 0.3 is 5.97 Å². The predicted molar refractivity (Wildman–Crippen MR) is 113 cm³/mol. The van der Waals surface area contributed by atoms with Crippen LogP contribution in [-0.4, -0.2) is 30.1 Å². The number of nitrogens with two attached hydrogens (primary N) is 1. The Labute approximate surface area is 168 Å². The number of carbonyl (C=O) groups excluding carboxylic acids is 1. The van der Waals surface area contributed by atoms with Gasteiger partial charge in [-0.15, -0.1) is 0 Å². The van der Waals surface area contributed by atoms with Crippen molar-refractivity contribution in [2.24, 2.45) is 11.1 Å². The molecule has 0 aliphatic rings. The first-order chi connectivity index (χ1) is 12.9.